The number of amides is 1. The summed E-state index contributed by atoms with van der Waals surface area (Å²) in [6.07, 6.45) is 0. The molecule has 0 bridgehead atoms. The van der Waals surface area contributed by atoms with Gasteiger partial charge in [-0.3, -0.25) is 4.79 Å². The first kappa shape index (κ1) is 14.7. The van der Waals surface area contributed by atoms with Crippen molar-refractivity contribution >= 4 is 5.91 Å². The topological polar surface area (TPSA) is 117 Å². The van der Waals surface area contributed by atoms with Gasteiger partial charge in [0.05, 0.1) is 19.2 Å². The normalized spacial score (nSPS) is 9.42. The summed E-state index contributed by atoms with van der Waals surface area (Å²) in [6.45, 7) is 1.54. The zero-order valence-corrected chi connectivity index (χ0v) is 10.8. The molecular weight excluding hydrogens is 248 g/mol. The zero-order valence-electron chi connectivity index (χ0n) is 10.8. The number of aromatic nitrogens is 2. The van der Waals surface area contributed by atoms with Gasteiger partial charge in [-0.15, -0.1) is 10.2 Å². The lowest BCUT2D eigenvalue weighted by molar-refractivity contribution is -0.115. The van der Waals surface area contributed by atoms with Gasteiger partial charge in [0.1, 0.15) is 5.75 Å². The van der Waals surface area contributed by atoms with Gasteiger partial charge < -0.3 is 20.6 Å². The Morgan fingerprint density at radius 3 is 2.53 bits per heavy atom. The van der Waals surface area contributed by atoms with E-state index in [4.69, 9.17) is 14.9 Å². The predicted octanol–water partition coefficient (Wildman–Crippen LogP) is 0.695. The standard InChI is InChI=1S/C10H11N3O2.C2H5NO/c1-14-8-5-3-2-4-7(8)10-13-12-9(6-11)15-10;1-2(3)4/h2-5H,6,11H2,1H3;1H3,(H2,3,4). The minimum atomic E-state index is -0.333. The van der Waals surface area contributed by atoms with Gasteiger partial charge >= 0.3 is 0 Å². The molecule has 0 saturated heterocycles. The maximum atomic E-state index is 9.22. The number of para-hydroxylation sites is 1. The minimum absolute atomic E-state index is 0.238. The van der Waals surface area contributed by atoms with Crippen LogP contribution in [0, 0.1) is 0 Å². The van der Waals surface area contributed by atoms with Crippen molar-refractivity contribution in [2.45, 2.75) is 13.5 Å². The number of benzene rings is 1. The lowest BCUT2D eigenvalue weighted by atomic mass is 10.2. The molecule has 0 atom stereocenters. The van der Waals surface area contributed by atoms with Gasteiger partial charge in [0.2, 0.25) is 11.8 Å². The number of nitrogens with two attached hydrogens (primary N) is 2. The van der Waals surface area contributed by atoms with Crippen LogP contribution in [0.1, 0.15) is 12.8 Å². The summed E-state index contributed by atoms with van der Waals surface area (Å²) in [5.74, 6) is 1.20. The van der Waals surface area contributed by atoms with Gasteiger partial charge in [0.15, 0.2) is 0 Å². The fourth-order valence-electron chi connectivity index (χ4n) is 1.27. The summed E-state index contributed by atoms with van der Waals surface area (Å²) in [5, 5.41) is 7.68. The molecule has 1 amide bonds. The highest BCUT2D eigenvalue weighted by Gasteiger charge is 2.11. The van der Waals surface area contributed by atoms with Crippen LogP contribution in [-0.2, 0) is 11.3 Å². The van der Waals surface area contributed by atoms with Crippen LogP contribution < -0.4 is 16.2 Å². The molecule has 0 aliphatic carbocycles. The van der Waals surface area contributed by atoms with Crippen molar-refractivity contribution in [3.63, 3.8) is 0 Å². The van der Waals surface area contributed by atoms with Crippen LogP contribution >= 0.6 is 0 Å². The van der Waals surface area contributed by atoms with Crippen LogP contribution in [0.4, 0.5) is 0 Å². The molecular formula is C12H16N4O3. The van der Waals surface area contributed by atoms with Crippen molar-refractivity contribution in [2.75, 3.05) is 7.11 Å². The largest absolute Gasteiger partial charge is 0.496 e. The van der Waals surface area contributed by atoms with E-state index in [0.717, 1.165) is 5.56 Å². The first-order valence-electron chi connectivity index (χ1n) is 5.50. The number of rotatable bonds is 3. The Bertz CT molecular complexity index is 535. The van der Waals surface area contributed by atoms with Crippen molar-refractivity contribution in [2.24, 2.45) is 11.5 Å². The number of hydrogen-bond donors (Lipinski definition) is 2. The summed E-state index contributed by atoms with van der Waals surface area (Å²) in [5.41, 5.74) is 10.6. The van der Waals surface area contributed by atoms with E-state index in [2.05, 4.69) is 15.9 Å². The molecule has 1 heterocycles. The van der Waals surface area contributed by atoms with Crippen LogP contribution in [-0.4, -0.2) is 23.2 Å². The Labute approximate surface area is 110 Å². The second kappa shape index (κ2) is 7.12. The molecule has 4 N–H and O–H groups in total. The minimum Gasteiger partial charge on any atom is -0.496 e. The molecule has 0 fully saturated rings. The summed E-state index contributed by atoms with van der Waals surface area (Å²) in [4.78, 5) is 9.22. The first-order chi connectivity index (χ1) is 9.08. The van der Waals surface area contributed by atoms with Crippen LogP contribution in [0.5, 0.6) is 5.75 Å². The molecule has 2 rings (SSSR count). The molecule has 1 aromatic heterocycles. The number of methoxy groups -OCH3 is 1. The second-order valence-electron chi connectivity index (χ2n) is 3.52. The summed E-state index contributed by atoms with van der Waals surface area (Å²) in [6, 6.07) is 7.45. The molecule has 0 aliphatic heterocycles. The van der Waals surface area contributed by atoms with Gasteiger partial charge in [-0.2, -0.15) is 0 Å². The molecule has 0 aliphatic rings. The lowest BCUT2D eigenvalue weighted by Gasteiger charge is -2.02. The summed E-state index contributed by atoms with van der Waals surface area (Å²) in [7, 11) is 1.60. The number of nitrogens with zero attached hydrogens (tertiary/aromatic N) is 2. The van der Waals surface area contributed by atoms with Crippen molar-refractivity contribution < 1.29 is 13.9 Å². The van der Waals surface area contributed by atoms with Crippen molar-refractivity contribution in [1.29, 1.82) is 0 Å². The Morgan fingerprint density at radius 2 is 2.00 bits per heavy atom. The van der Waals surface area contributed by atoms with E-state index in [1.165, 1.54) is 6.92 Å². The van der Waals surface area contributed by atoms with Gasteiger partial charge in [0, 0.05) is 6.92 Å². The Morgan fingerprint density at radius 1 is 1.37 bits per heavy atom. The van der Waals surface area contributed by atoms with E-state index >= 15 is 0 Å². The maximum Gasteiger partial charge on any atom is 0.251 e. The molecule has 2 aromatic rings. The summed E-state index contributed by atoms with van der Waals surface area (Å²) < 4.78 is 10.5. The van der Waals surface area contributed by atoms with E-state index in [9.17, 15) is 4.79 Å². The van der Waals surface area contributed by atoms with E-state index in [-0.39, 0.29) is 12.5 Å². The maximum absolute atomic E-state index is 9.22. The van der Waals surface area contributed by atoms with Crippen LogP contribution in [0.25, 0.3) is 11.5 Å². The number of hydrogen-bond acceptors (Lipinski definition) is 6. The van der Waals surface area contributed by atoms with Crippen LogP contribution in [0.15, 0.2) is 28.7 Å². The average molecular weight is 264 g/mol. The SMILES string of the molecule is CC(N)=O.COc1ccccc1-c1nnc(CN)o1. The fourth-order valence-corrected chi connectivity index (χ4v) is 1.27. The molecule has 0 radical (unpaired) electrons. The van der Waals surface area contributed by atoms with Gasteiger partial charge in [0.25, 0.3) is 5.89 Å². The molecule has 0 spiro atoms. The predicted molar refractivity (Wildman–Crippen MR) is 69.0 cm³/mol. The highest BCUT2D eigenvalue weighted by molar-refractivity contribution is 5.70. The smallest absolute Gasteiger partial charge is 0.251 e. The number of ether oxygens (including phenoxy) is 1. The van der Waals surface area contributed by atoms with E-state index < -0.39 is 0 Å². The monoisotopic (exact) mass is 264 g/mol. The number of carbonyl (C=O) groups is 1. The lowest BCUT2D eigenvalue weighted by Crippen LogP contribution is -2.01. The zero-order chi connectivity index (χ0) is 14.3. The second-order valence-corrected chi connectivity index (χ2v) is 3.52. The number of primary amides is 1. The fraction of sp³-hybridized carbons (Fsp3) is 0.250. The van der Waals surface area contributed by atoms with Crippen molar-refractivity contribution in [3.8, 4) is 17.2 Å². The molecule has 1 aromatic carbocycles. The van der Waals surface area contributed by atoms with Gasteiger partial charge in [-0.1, -0.05) is 12.1 Å². The third kappa shape index (κ3) is 4.40. The van der Waals surface area contributed by atoms with E-state index in [1.807, 2.05) is 24.3 Å². The van der Waals surface area contributed by atoms with Crippen LogP contribution in [0.2, 0.25) is 0 Å². The Hall–Kier alpha value is -2.41. The van der Waals surface area contributed by atoms with E-state index in [1.54, 1.807) is 7.11 Å². The van der Waals surface area contributed by atoms with Crippen LogP contribution in [0.3, 0.4) is 0 Å². The summed E-state index contributed by atoms with van der Waals surface area (Å²) >= 11 is 0. The molecule has 102 valence electrons. The van der Waals surface area contributed by atoms with Crippen molar-refractivity contribution in [3.05, 3.63) is 30.2 Å². The molecule has 7 heteroatoms. The third-order valence-electron chi connectivity index (χ3n) is 1.98. The molecule has 0 unspecified atom stereocenters. The number of carbonyl (C=O) groups excluding carboxylic acids is 1. The molecule has 7 nitrogen and oxygen atoms in total. The van der Waals surface area contributed by atoms with Gasteiger partial charge in [-0.25, -0.2) is 0 Å². The highest BCUT2D eigenvalue weighted by Crippen LogP contribution is 2.27. The molecule has 19 heavy (non-hydrogen) atoms. The molecule has 0 saturated carbocycles. The first-order valence-corrected chi connectivity index (χ1v) is 5.50. The third-order valence-corrected chi connectivity index (χ3v) is 1.98. The Kier molecular flexibility index (Phi) is 5.49. The van der Waals surface area contributed by atoms with Crippen molar-refractivity contribution in [1.82, 2.24) is 10.2 Å². The average Bonchev–Trinajstić information content (AvgIpc) is 2.86. The van der Waals surface area contributed by atoms with Gasteiger partial charge in [-0.05, 0) is 12.1 Å². The highest BCUT2D eigenvalue weighted by atomic mass is 16.5. The quantitative estimate of drug-likeness (QED) is 0.842. The van der Waals surface area contributed by atoms with E-state index in [0.29, 0.717) is 17.5 Å². The Balaban J connectivity index is 0.000000399.